The number of ether oxygens (including phenoxy) is 2. The molecule has 2 amide bonds. The highest BCUT2D eigenvalue weighted by molar-refractivity contribution is 7.23. The second-order valence-corrected chi connectivity index (χ2v) is 36.0. The van der Waals surface area contributed by atoms with Crippen molar-refractivity contribution in [1.82, 2.24) is 59.6 Å². The molecule has 128 heavy (non-hydrogen) atoms. The minimum atomic E-state index is -0.517. The summed E-state index contributed by atoms with van der Waals surface area (Å²) >= 11 is 14.6. The number of aliphatic hydroxyl groups is 5. The molecular weight excluding hydrogens is 1730 g/mol. The van der Waals surface area contributed by atoms with Gasteiger partial charge in [0.25, 0.3) is 0 Å². The summed E-state index contributed by atoms with van der Waals surface area (Å²) in [4.78, 5) is 80.6. The molecule has 32 heteroatoms. The van der Waals surface area contributed by atoms with E-state index in [1.165, 1.54) is 47.0 Å². The van der Waals surface area contributed by atoms with Crippen molar-refractivity contribution in [3.8, 4) is 20.9 Å². The summed E-state index contributed by atoms with van der Waals surface area (Å²) in [6, 6.07) is 72.3. The number of halogens is 1. The van der Waals surface area contributed by atoms with Crippen molar-refractivity contribution < 1.29 is 44.6 Å². The normalized spacial score (nSPS) is 13.4. The van der Waals surface area contributed by atoms with Gasteiger partial charge in [-0.15, -0.1) is 56.7 Å². The van der Waals surface area contributed by atoms with Crippen molar-refractivity contribution in [2.24, 2.45) is 0 Å². The van der Waals surface area contributed by atoms with Crippen LogP contribution in [-0.4, -0.2) is 156 Å². The largest absolute Gasteiger partial charge is 0.450 e. The first-order valence-electron chi connectivity index (χ1n) is 41.6. The number of anilines is 5. The predicted molar refractivity (Wildman–Crippen MR) is 514 cm³/mol. The molecular formula is C96H94ClN17O9S5. The third kappa shape index (κ3) is 22.0. The van der Waals surface area contributed by atoms with Crippen LogP contribution in [0.4, 0.5) is 38.7 Å². The van der Waals surface area contributed by atoms with Crippen LogP contribution in [0.25, 0.3) is 72.0 Å². The fourth-order valence-corrected chi connectivity index (χ4v) is 20.4. The summed E-state index contributed by atoms with van der Waals surface area (Å²) in [5.74, 6) is 3.56. The fraction of sp³-hybridized carbons (Fsp3) is 0.229. The zero-order valence-corrected chi connectivity index (χ0v) is 75.2. The highest BCUT2D eigenvalue weighted by Crippen LogP contribution is 2.46. The molecule has 0 aliphatic carbocycles. The van der Waals surface area contributed by atoms with Gasteiger partial charge in [-0.25, -0.2) is 59.4 Å². The monoisotopic (exact) mass is 1820 g/mol. The molecule has 0 saturated heterocycles. The highest BCUT2D eigenvalue weighted by Gasteiger charge is 2.32. The Hall–Kier alpha value is -12.6. The number of carbonyl (C=O) groups is 2. The molecule has 10 aromatic heterocycles. The second-order valence-electron chi connectivity index (χ2n) is 30.6. The molecule has 0 bridgehead atoms. The van der Waals surface area contributed by atoms with Gasteiger partial charge in [0.2, 0.25) is 0 Å². The van der Waals surface area contributed by atoms with Crippen molar-refractivity contribution in [2.75, 3.05) is 79.3 Å². The molecule has 0 saturated carbocycles. The highest BCUT2D eigenvalue weighted by atomic mass is 35.5. The third-order valence-corrected chi connectivity index (χ3v) is 26.8. The molecule has 17 aromatic rings. The van der Waals surface area contributed by atoms with Gasteiger partial charge < -0.3 is 71.4 Å². The fourth-order valence-electron chi connectivity index (χ4n) is 14.8. The summed E-state index contributed by atoms with van der Waals surface area (Å²) in [6.45, 7) is 9.88. The van der Waals surface area contributed by atoms with Gasteiger partial charge in [-0.05, 0) is 108 Å². The van der Waals surface area contributed by atoms with E-state index in [1.807, 2.05) is 239 Å². The second kappa shape index (κ2) is 43.2. The Balaban J connectivity index is 0.000000124. The summed E-state index contributed by atoms with van der Waals surface area (Å²) in [7, 11) is 0. The van der Waals surface area contributed by atoms with Crippen LogP contribution in [0.3, 0.4) is 0 Å². The SMILES string of the molecule is CC(C)(C)OC(=O)N1CCc2c(sc3ncnc(N[C@H](CO)c4ccccc4)c23)C1.CCOC(=O)N1CCc2c(sc3ncnc(N[C@H](CO)c4ccccc4)c23)C1.OC[C@@H](Nc1ncnc2sc(-c3ccccc3)c(Cl)c12)c1ccccc1.OC[C@@H](Nc1ncnc2sc(-c3ccccc3)cc12)c1ccccc1.OC[C@@H](Nc1ncnc2sccc12)c1ccccc1. The molecule has 0 unspecified atom stereocenters. The number of fused-ring (bicyclic) bond motifs is 9. The Labute approximate surface area is 764 Å². The van der Waals surface area contributed by atoms with Gasteiger partial charge in [0.15, 0.2) is 0 Å². The van der Waals surface area contributed by atoms with Crippen LogP contribution in [0.5, 0.6) is 0 Å². The van der Waals surface area contributed by atoms with Crippen molar-refractivity contribution >= 4 is 161 Å². The van der Waals surface area contributed by atoms with Crippen molar-refractivity contribution in [1.29, 1.82) is 0 Å². The Bertz CT molecular complexity index is 6490. The van der Waals surface area contributed by atoms with Crippen LogP contribution in [0.15, 0.2) is 261 Å². The maximum Gasteiger partial charge on any atom is 0.410 e. The molecule has 19 rings (SSSR count). The van der Waals surface area contributed by atoms with Crippen molar-refractivity contribution in [2.45, 2.75) is 89.4 Å². The van der Waals surface area contributed by atoms with Crippen LogP contribution < -0.4 is 26.6 Å². The molecule has 5 atom stereocenters. The van der Waals surface area contributed by atoms with Gasteiger partial charge >= 0.3 is 12.2 Å². The number of hydrogen-bond donors (Lipinski definition) is 10. The summed E-state index contributed by atoms with van der Waals surface area (Å²) in [5.41, 5.74) is 9.07. The number of hydrogen-bond acceptors (Lipinski definition) is 29. The first kappa shape index (κ1) is 90.2. The summed E-state index contributed by atoms with van der Waals surface area (Å²) in [5, 5.41) is 73.0. The van der Waals surface area contributed by atoms with Gasteiger partial charge in [-0.3, -0.25) is 0 Å². The third-order valence-electron chi connectivity index (χ3n) is 21.0. The van der Waals surface area contributed by atoms with Crippen molar-refractivity contribution in [3.63, 3.8) is 0 Å². The maximum absolute atomic E-state index is 12.5. The number of nitrogens with one attached hydrogen (secondary N) is 5. The summed E-state index contributed by atoms with van der Waals surface area (Å²) in [6.07, 6.45) is 8.57. The molecule has 7 aromatic carbocycles. The van der Waals surface area contributed by atoms with E-state index in [9.17, 15) is 35.1 Å². The number of amides is 2. The number of rotatable bonds is 23. The Morgan fingerprint density at radius 3 is 1.15 bits per heavy atom. The Kier molecular flexibility index (Phi) is 30.5. The van der Waals surface area contributed by atoms with Crippen molar-refractivity contribution in [3.05, 3.63) is 315 Å². The van der Waals surface area contributed by atoms with Crippen LogP contribution in [0, 0.1) is 0 Å². The van der Waals surface area contributed by atoms with E-state index in [2.05, 4.69) is 94.6 Å². The minimum Gasteiger partial charge on any atom is -0.450 e. The zero-order chi connectivity index (χ0) is 88.9. The van der Waals surface area contributed by atoms with E-state index < -0.39 is 5.60 Å². The van der Waals surface area contributed by atoms with E-state index in [0.717, 1.165) is 128 Å². The number of thiophene rings is 5. The van der Waals surface area contributed by atoms with Gasteiger partial charge in [0.1, 0.15) is 90.5 Å². The predicted octanol–water partition coefficient (Wildman–Crippen LogP) is 20.0. The van der Waals surface area contributed by atoms with E-state index in [-0.39, 0.29) is 75.4 Å². The van der Waals surface area contributed by atoms with Crippen LogP contribution in [0.1, 0.15) is 107 Å². The summed E-state index contributed by atoms with van der Waals surface area (Å²) < 4.78 is 10.7. The number of nitrogens with zero attached hydrogens (tertiary/aromatic N) is 12. The van der Waals surface area contributed by atoms with Gasteiger partial charge in [0, 0.05) is 27.7 Å². The first-order chi connectivity index (χ1) is 62.6. The molecule has 0 fully saturated rings. The molecule has 654 valence electrons. The number of aromatic nitrogens is 10. The van der Waals surface area contributed by atoms with E-state index in [4.69, 9.17) is 21.1 Å². The topological polar surface area (TPSA) is 349 Å². The lowest BCUT2D eigenvalue weighted by Gasteiger charge is -2.30. The molecule has 2 aliphatic rings. The maximum atomic E-state index is 12.5. The molecule has 26 nitrogen and oxygen atoms in total. The number of aliphatic hydroxyl groups excluding tert-OH is 5. The van der Waals surface area contributed by atoms with Crippen LogP contribution in [0.2, 0.25) is 5.02 Å². The Morgan fingerprint density at radius 1 is 0.406 bits per heavy atom. The Morgan fingerprint density at radius 2 is 0.750 bits per heavy atom. The number of carbonyl (C=O) groups excluding carboxylic acids is 2. The minimum absolute atomic E-state index is 0.00874. The average Bonchev–Trinajstić information content (AvgIpc) is 1.62. The smallest absolute Gasteiger partial charge is 0.410 e. The van der Waals surface area contributed by atoms with Crippen LogP contribution in [-0.2, 0) is 35.4 Å². The van der Waals surface area contributed by atoms with E-state index >= 15 is 0 Å². The molecule has 12 heterocycles. The first-order valence-corrected chi connectivity index (χ1v) is 46.1. The average molecular weight is 1830 g/mol. The lowest BCUT2D eigenvalue weighted by molar-refractivity contribution is 0.0226. The molecule has 0 radical (unpaired) electrons. The standard InChI is InChI=1S/C22H26N4O3S.C20H16ClN3OS.C20H22N4O3S.C20H17N3OS.C14H13N3OS/c1-22(2,3)29-21(28)26-10-9-15-17(11-26)30-20-18(15)19(23-13-24-20)25-16(12-27)14-7-5-4-6-8-14;21-17-16-19(24-15(11-25)13-7-3-1-4-8-13)22-12-23-20(16)26-18(17)14-9-5-2-6-10-14;1-2-27-20(26)24-9-8-14-16(10-24)28-19-17(14)18(21-12-22-19)23-15(11-25)13-6-4-3-5-7-13;24-12-17(14-7-3-1-4-8-14)23-19-16-11-18(15-9-5-2-6-10-15)25-20(16)22-13-21-19;18-8-12(10-4-2-1-3-5-10)17-13-11-6-7-19-14(11)16-9-15-13/h4-8,13,16,27H,9-12H2,1-3H3,(H,23,24,25);1-10,12,15,25H,11H2,(H,22,23,24);3-7,12,15,25H,2,8-11H2,1H3,(H,21,22,23);1-11,13,17,24H,12H2,(H,21,22,23);1-7,9,12,18H,8H2,(H,15,16,17)/t16-;2*15-;17-;12-/m11111/s1. The molecule has 2 aliphatic heterocycles. The quantitative estimate of drug-likeness (QED) is 0.0284. The number of benzene rings is 7. The van der Waals surface area contributed by atoms with E-state index in [0.29, 0.717) is 55.9 Å². The van der Waals surface area contributed by atoms with Gasteiger partial charge in [-0.1, -0.05) is 224 Å². The molecule has 10 N–H and O–H groups in total. The van der Waals surface area contributed by atoms with Gasteiger partial charge in [0.05, 0.1) is 120 Å². The van der Waals surface area contributed by atoms with Crippen LogP contribution >= 0.6 is 68.3 Å². The van der Waals surface area contributed by atoms with Gasteiger partial charge in [-0.2, -0.15) is 0 Å². The molecule has 0 spiro atoms. The lowest BCUT2D eigenvalue weighted by atomic mass is 10.0. The zero-order valence-electron chi connectivity index (χ0n) is 70.4. The lowest BCUT2D eigenvalue weighted by Crippen LogP contribution is -2.39. The van der Waals surface area contributed by atoms with E-state index in [1.54, 1.807) is 67.8 Å².